The fraction of sp³-hybridized carbons (Fsp3) is 0.433. The third kappa shape index (κ3) is 7.00. The Labute approximate surface area is 223 Å². The number of aryl methyl sites for hydroxylation is 2. The lowest BCUT2D eigenvalue weighted by atomic mass is 9.75. The average molecular weight is 524 g/mol. The van der Waals surface area contributed by atoms with Crippen LogP contribution in [0.4, 0.5) is 20.6 Å². The number of carboxylic acid groups (broad SMARTS) is 1. The molecular weight excluding hydrogens is 485 g/mol. The van der Waals surface area contributed by atoms with Crippen LogP contribution in [0.2, 0.25) is 0 Å². The lowest BCUT2D eigenvalue weighted by Gasteiger charge is -2.37. The first kappa shape index (κ1) is 28.9. The van der Waals surface area contributed by atoms with Crippen molar-refractivity contribution in [1.29, 1.82) is 0 Å². The van der Waals surface area contributed by atoms with Crippen LogP contribution in [0.25, 0.3) is 6.08 Å². The number of urea groups is 1. The van der Waals surface area contributed by atoms with Crippen LogP contribution in [0.5, 0.6) is 0 Å². The van der Waals surface area contributed by atoms with Crippen LogP contribution in [0.1, 0.15) is 85.8 Å². The van der Waals surface area contributed by atoms with Gasteiger partial charge in [0.15, 0.2) is 0 Å². The van der Waals surface area contributed by atoms with Crippen molar-refractivity contribution in [1.82, 2.24) is 5.32 Å². The topological polar surface area (TPSA) is 108 Å². The van der Waals surface area contributed by atoms with Gasteiger partial charge in [-0.2, -0.15) is 0 Å². The first-order valence-electron chi connectivity index (χ1n) is 13.3. The second kappa shape index (κ2) is 12.7. The van der Waals surface area contributed by atoms with Crippen molar-refractivity contribution in [2.45, 2.75) is 78.2 Å². The third-order valence-corrected chi connectivity index (χ3v) is 7.27. The molecule has 0 bridgehead atoms. The van der Waals surface area contributed by atoms with Crippen LogP contribution in [-0.2, 0) is 4.79 Å². The van der Waals surface area contributed by atoms with Crippen molar-refractivity contribution in [3.8, 4) is 0 Å². The van der Waals surface area contributed by atoms with Gasteiger partial charge in [0, 0.05) is 5.69 Å². The maximum absolute atomic E-state index is 14.1. The van der Waals surface area contributed by atoms with E-state index in [4.69, 9.17) is 0 Å². The standard InChI is InChI=1S/C30H38FN3O4/c1-5-6-8-11-21-16-19(2)26(20(3)17-21)33-29(38)32-25-18-23(31)14-15-24(25)27(35)34-30(4,28(36)37)22-12-9-7-10-13-22/h8,11,14-18,22H,5-7,9-10,12-13H2,1-4H3,(H,34,35)(H,36,37)(H2,32,33,38)/b11-8+/t30-/m0/s1. The average Bonchev–Trinajstić information content (AvgIpc) is 2.86. The number of unbranched alkanes of at least 4 members (excludes halogenated alkanes) is 1. The summed E-state index contributed by atoms with van der Waals surface area (Å²) in [6, 6.07) is 6.70. The number of carboxylic acids is 1. The molecule has 3 amide bonds. The molecular formula is C30H38FN3O4. The van der Waals surface area contributed by atoms with Gasteiger partial charge in [-0.05, 0) is 93.0 Å². The van der Waals surface area contributed by atoms with Gasteiger partial charge in [-0.3, -0.25) is 4.79 Å². The zero-order valence-electron chi connectivity index (χ0n) is 22.6. The van der Waals surface area contributed by atoms with Crippen LogP contribution in [-0.4, -0.2) is 28.6 Å². The Morgan fingerprint density at radius 3 is 2.32 bits per heavy atom. The van der Waals surface area contributed by atoms with Gasteiger partial charge in [-0.25, -0.2) is 14.0 Å². The van der Waals surface area contributed by atoms with Gasteiger partial charge >= 0.3 is 12.0 Å². The molecule has 0 aromatic heterocycles. The molecule has 0 spiro atoms. The summed E-state index contributed by atoms with van der Waals surface area (Å²) in [6.45, 7) is 7.40. The highest BCUT2D eigenvalue weighted by molar-refractivity contribution is 6.08. The first-order valence-corrected chi connectivity index (χ1v) is 13.3. The van der Waals surface area contributed by atoms with E-state index in [2.05, 4.69) is 29.0 Å². The van der Waals surface area contributed by atoms with E-state index in [0.717, 1.165) is 60.9 Å². The van der Waals surface area contributed by atoms with E-state index in [0.29, 0.717) is 18.5 Å². The zero-order chi connectivity index (χ0) is 27.9. The highest BCUT2D eigenvalue weighted by atomic mass is 19.1. The number of anilines is 2. The summed E-state index contributed by atoms with van der Waals surface area (Å²) in [7, 11) is 0. The Morgan fingerprint density at radius 1 is 1.05 bits per heavy atom. The van der Waals surface area contributed by atoms with Crippen molar-refractivity contribution in [2.75, 3.05) is 10.6 Å². The zero-order valence-corrected chi connectivity index (χ0v) is 22.6. The number of hydrogen-bond acceptors (Lipinski definition) is 3. The van der Waals surface area contributed by atoms with Gasteiger partial charge in [0.05, 0.1) is 11.3 Å². The van der Waals surface area contributed by atoms with Gasteiger partial charge in [0.1, 0.15) is 11.4 Å². The highest BCUT2D eigenvalue weighted by Crippen LogP contribution is 2.33. The van der Waals surface area contributed by atoms with Gasteiger partial charge in [-0.1, -0.05) is 44.8 Å². The molecule has 0 unspecified atom stereocenters. The molecule has 1 saturated carbocycles. The number of halogens is 1. The van der Waals surface area contributed by atoms with E-state index in [1.54, 1.807) is 0 Å². The molecule has 3 rings (SSSR count). The minimum absolute atomic E-state index is 0.0188. The Bertz CT molecular complexity index is 1200. The van der Waals surface area contributed by atoms with E-state index in [-0.39, 0.29) is 17.2 Å². The largest absolute Gasteiger partial charge is 0.480 e. The molecule has 1 fully saturated rings. The summed E-state index contributed by atoms with van der Waals surface area (Å²) in [5, 5.41) is 18.0. The number of benzene rings is 2. The fourth-order valence-electron chi connectivity index (χ4n) is 5.07. The van der Waals surface area contributed by atoms with Crippen LogP contribution >= 0.6 is 0 Å². The van der Waals surface area contributed by atoms with Gasteiger partial charge in [0.2, 0.25) is 0 Å². The smallest absolute Gasteiger partial charge is 0.329 e. The molecule has 2 aromatic rings. The van der Waals surface area contributed by atoms with Crippen LogP contribution < -0.4 is 16.0 Å². The summed E-state index contributed by atoms with van der Waals surface area (Å²) >= 11 is 0. The summed E-state index contributed by atoms with van der Waals surface area (Å²) in [5.74, 6) is -2.67. The lowest BCUT2D eigenvalue weighted by molar-refractivity contribution is -0.146. The van der Waals surface area contributed by atoms with Crippen molar-refractivity contribution < 1.29 is 23.9 Å². The molecule has 0 aliphatic heterocycles. The van der Waals surface area contributed by atoms with Crippen LogP contribution in [0.3, 0.4) is 0 Å². The Balaban J connectivity index is 1.80. The molecule has 0 saturated heterocycles. The van der Waals surface area contributed by atoms with E-state index < -0.39 is 29.3 Å². The number of amides is 3. The Kier molecular flexibility index (Phi) is 9.66. The van der Waals surface area contributed by atoms with E-state index in [1.807, 2.05) is 32.1 Å². The van der Waals surface area contributed by atoms with Crippen molar-refractivity contribution in [3.63, 3.8) is 0 Å². The van der Waals surface area contributed by atoms with Crippen LogP contribution in [0, 0.1) is 25.6 Å². The SMILES string of the molecule is CCC/C=C/c1cc(C)c(NC(=O)Nc2cc(F)ccc2C(=O)N[C@](C)(C(=O)O)C2CCCCC2)c(C)c1. The highest BCUT2D eigenvalue weighted by Gasteiger charge is 2.43. The number of carbonyl (C=O) groups is 3. The van der Waals surface area contributed by atoms with E-state index >= 15 is 0 Å². The van der Waals surface area contributed by atoms with Crippen molar-refractivity contribution in [2.24, 2.45) is 5.92 Å². The van der Waals surface area contributed by atoms with Crippen LogP contribution in [0.15, 0.2) is 36.4 Å². The van der Waals surface area contributed by atoms with Gasteiger partial charge in [-0.15, -0.1) is 0 Å². The molecule has 0 heterocycles. The molecule has 2 aromatic carbocycles. The van der Waals surface area contributed by atoms with Crippen molar-refractivity contribution in [3.05, 3.63) is 64.5 Å². The van der Waals surface area contributed by atoms with Gasteiger partial charge < -0.3 is 21.1 Å². The second-order valence-electron chi connectivity index (χ2n) is 10.3. The Hall–Kier alpha value is -3.68. The minimum Gasteiger partial charge on any atom is -0.480 e. The normalized spacial score (nSPS) is 15.6. The number of aliphatic carboxylic acids is 1. The molecule has 7 nitrogen and oxygen atoms in total. The summed E-state index contributed by atoms with van der Waals surface area (Å²) in [6.07, 6.45) is 10.4. The maximum atomic E-state index is 14.1. The van der Waals surface area contributed by atoms with E-state index in [9.17, 15) is 23.9 Å². The predicted molar refractivity (Wildman–Crippen MR) is 149 cm³/mol. The van der Waals surface area contributed by atoms with E-state index in [1.165, 1.54) is 13.0 Å². The molecule has 204 valence electrons. The summed E-state index contributed by atoms with van der Waals surface area (Å²) in [5.41, 5.74) is 1.82. The minimum atomic E-state index is -1.48. The molecule has 1 atom stereocenters. The Morgan fingerprint density at radius 2 is 1.71 bits per heavy atom. The quantitative estimate of drug-likeness (QED) is 0.282. The second-order valence-corrected chi connectivity index (χ2v) is 10.3. The summed E-state index contributed by atoms with van der Waals surface area (Å²) in [4.78, 5) is 38.4. The molecule has 0 radical (unpaired) electrons. The number of nitrogens with one attached hydrogen (secondary N) is 3. The third-order valence-electron chi connectivity index (χ3n) is 7.27. The fourth-order valence-corrected chi connectivity index (χ4v) is 5.07. The molecule has 4 N–H and O–H groups in total. The maximum Gasteiger partial charge on any atom is 0.329 e. The molecule has 1 aliphatic rings. The van der Waals surface area contributed by atoms with Gasteiger partial charge in [0.25, 0.3) is 5.91 Å². The molecule has 1 aliphatic carbocycles. The summed E-state index contributed by atoms with van der Waals surface area (Å²) < 4.78 is 14.1. The number of hydrogen-bond donors (Lipinski definition) is 4. The predicted octanol–water partition coefficient (Wildman–Crippen LogP) is 7.05. The molecule has 8 heteroatoms. The monoisotopic (exact) mass is 523 g/mol. The number of rotatable bonds is 9. The molecule has 38 heavy (non-hydrogen) atoms. The first-order chi connectivity index (χ1) is 18.0. The van der Waals surface area contributed by atoms with Crippen molar-refractivity contribution >= 4 is 35.4 Å². The lowest BCUT2D eigenvalue weighted by Crippen LogP contribution is -2.57. The number of carbonyl (C=O) groups excluding carboxylic acids is 2. The number of allylic oxidation sites excluding steroid dienone is 1.